The molecule has 0 aliphatic carbocycles. The number of methoxy groups -OCH3 is 3. The topological polar surface area (TPSA) is 98.3 Å². The third kappa shape index (κ3) is 4.51. The first kappa shape index (κ1) is 20.7. The van der Waals surface area contributed by atoms with E-state index in [-0.39, 0.29) is 24.2 Å². The molecule has 152 valence electrons. The van der Waals surface area contributed by atoms with E-state index in [0.29, 0.717) is 28.4 Å². The van der Waals surface area contributed by atoms with Gasteiger partial charge in [0.25, 0.3) is 5.91 Å². The second kappa shape index (κ2) is 8.95. The van der Waals surface area contributed by atoms with E-state index < -0.39 is 6.04 Å². The summed E-state index contributed by atoms with van der Waals surface area (Å²) in [5.74, 6) is 0.768. The van der Waals surface area contributed by atoms with Crippen molar-refractivity contribution in [1.29, 1.82) is 0 Å². The van der Waals surface area contributed by atoms with Crippen LogP contribution in [0.2, 0.25) is 0 Å². The number of guanidine groups is 1. The Kier molecular flexibility index (Phi) is 6.38. The third-order valence-corrected chi connectivity index (χ3v) is 4.88. The van der Waals surface area contributed by atoms with Gasteiger partial charge >= 0.3 is 0 Å². The quantitative estimate of drug-likeness (QED) is 0.713. The van der Waals surface area contributed by atoms with Crippen molar-refractivity contribution < 1.29 is 23.8 Å². The molecule has 0 radical (unpaired) electrons. The van der Waals surface area contributed by atoms with Gasteiger partial charge in [-0.2, -0.15) is 0 Å². The highest BCUT2D eigenvalue weighted by molar-refractivity contribution is 9.10. The molecule has 0 fully saturated rings. The Morgan fingerprint density at radius 3 is 2.38 bits per heavy atom. The van der Waals surface area contributed by atoms with Crippen LogP contribution in [-0.2, 0) is 4.79 Å². The molecule has 9 heteroatoms. The Balaban J connectivity index is 1.91. The van der Waals surface area contributed by atoms with Crippen molar-refractivity contribution in [2.45, 2.75) is 12.5 Å². The van der Waals surface area contributed by atoms with Gasteiger partial charge in [0, 0.05) is 15.6 Å². The maximum Gasteiger partial charge on any atom is 0.257 e. The standard InChI is InChI=1S/C20H20BrN3O5/c1-27-15-9-8-13(17(28-2)18(15)29-3)14-10-16(25)23-20(22-14)24-19(26)11-4-6-12(21)7-5-11/h4-9,14H,10H2,1-3H3,(H2,22,23,24,25,26)/t14-/m0/s1. The smallest absolute Gasteiger partial charge is 0.257 e. The van der Waals surface area contributed by atoms with Crippen LogP contribution in [0.15, 0.2) is 45.9 Å². The minimum atomic E-state index is -0.557. The Morgan fingerprint density at radius 2 is 1.76 bits per heavy atom. The van der Waals surface area contributed by atoms with Crippen molar-refractivity contribution >= 4 is 33.7 Å². The highest BCUT2D eigenvalue weighted by Gasteiger charge is 2.28. The molecule has 0 unspecified atom stereocenters. The van der Waals surface area contributed by atoms with Crippen LogP contribution in [0.1, 0.15) is 28.4 Å². The summed E-state index contributed by atoms with van der Waals surface area (Å²) in [7, 11) is 4.54. The lowest BCUT2D eigenvalue weighted by Crippen LogP contribution is -2.47. The third-order valence-electron chi connectivity index (χ3n) is 4.35. The van der Waals surface area contributed by atoms with Crippen molar-refractivity contribution in [1.82, 2.24) is 10.6 Å². The van der Waals surface area contributed by atoms with Crippen LogP contribution in [0.25, 0.3) is 0 Å². The average molecular weight is 462 g/mol. The fraction of sp³-hybridized carbons (Fsp3) is 0.250. The van der Waals surface area contributed by atoms with E-state index >= 15 is 0 Å². The molecule has 1 aliphatic rings. The van der Waals surface area contributed by atoms with Gasteiger partial charge in [0.15, 0.2) is 11.5 Å². The van der Waals surface area contributed by atoms with Crippen LogP contribution in [0.5, 0.6) is 17.2 Å². The Bertz CT molecular complexity index is 959. The molecule has 1 heterocycles. The first-order valence-corrected chi connectivity index (χ1v) is 9.49. The molecular weight excluding hydrogens is 442 g/mol. The number of hydrogen-bond acceptors (Lipinski definition) is 6. The highest BCUT2D eigenvalue weighted by atomic mass is 79.9. The zero-order valence-corrected chi connectivity index (χ0v) is 17.7. The van der Waals surface area contributed by atoms with Crippen molar-refractivity contribution in [3.63, 3.8) is 0 Å². The van der Waals surface area contributed by atoms with E-state index in [4.69, 9.17) is 14.2 Å². The summed E-state index contributed by atoms with van der Waals surface area (Å²) in [5.41, 5.74) is 1.09. The number of amides is 2. The van der Waals surface area contributed by atoms with Gasteiger partial charge in [-0.25, -0.2) is 4.99 Å². The van der Waals surface area contributed by atoms with Crippen LogP contribution in [-0.4, -0.2) is 39.1 Å². The molecule has 2 aromatic rings. The molecule has 3 rings (SSSR count). The summed E-state index contributed by atoms with van der Waals surface area (Å²) in [5, 5.41) is 5.23. The van der Waals surface area contributed by atoms with Gasteiger partial charge in [0.05, 0.1) is 33.8 Å². The van der Waals surface area contributed by atoms with Gasteiger partial charge in [-0.1, -0.05) is 15.9 Å². The number of carbonyl (C=O) groups excluding carboxylic acids is 2. The lowest BCUT2D eigenvalue weighted by Gasteiger charge is -2.24. The van der Waals surface area contributed by atoms with E-state index in [1.54, 1.807) is 36.4 Å². The second-order valence-corrected chi connectivity index (χ2v) is 7.05. The summed E-state index contributed by atoms with van der Waals surface area (Å²) < 4.78 is 17.1. The van der Waals surface area contributed by atoms with Crippen molar-refractivity contribution in [3.8, 4) is 17.2 Å². The van der Waals surface area contributed by atoms with Crippen molar-refractivity contribution in [2.24, 2.45) is 4.99 Å². The summed E-state index contributed by atoms with van der Waals surface area (Å²) in [6.45, 7) is 0. The molecule has 0 saturated carbocycles. The zero-order chi connectivity index (χ0) is 21.0. The fourth-order valence-corrected chi connectivity index (χ4v) is 3.27. The predicted molar refractivity (Wildman–Crippen MR) is 111 cm³/mol. The maximum absolute atomic E-state index is 12.5. The van der Waals surface area contributed by atoms with Gasteiger partial charge in [-0.15, -0.1) is 0 Å². The van der Waals surface area contributed by atoms with Crippen LogP contribution >= 0.6 is 15.9 Å². The van der Waals surface area contributed by atoms with Crippen molar-refractivity contribution in [2.75, 3.05) is 21.3 Å². The molecule has 2 aromatic carbocycles. The largest absolute Gasteiger partial charge is 0.493 e. The van der Waals surface area contributed by atoms with Gasteiger partial charge in [-0.3, -0.25) is 20.2 Å². The monoisotopic (exact) mass is 461 g/mol. The van der Waals surface area contributed by atoms with Gasteiger partial charge < -0.3 is 14.2 Å². The minimum absolute atomic E-state index is 0.0796. The van der Waals surface area contributed by atoms with E-state index in [1.807, 2.05) is 0 Å². The number of nitrogens with zero attached hydrogens (tertiary/aromatic N) is 1. The number of halogens is 1. The molecule has 8 nitrogen and oxygen atoms in total. The number of nitrogens with one attached hydrogen (secondary N) is 2. The molecule has 2 amide bonds. The maximum atomic E-state index is 12.5. The van der Waals surface area contributed by atoms with Crippen molar-refractivity contribution in [3.05, 3.63) is 52.0 Å². The SMILES string of the molecule is COc1ccc([C@@H]2CC(=O)NC(NC(=O)c3ccc(Br)cc3)=N2)c(OC)c1OC. The van der Waals surface area contributed by atoms with Gasteiger partial charge in [0.2, 0.25) is 17.6 Å². The van der Waals surface area contributed by atoms with Crippen LogP contribution in [0, 0.1) is 0 Å². The molecule has 0 aromatic heterocycles. The normalized spacial score (nSPS) is 15.8. The molecule has 0 spiro atoms. The molecule has 1 aliphatic heterocycles. The van der Waals surface area contributed by atoms with E-state index in [9.17, 15) is 9.59 Å². The lowest BCUT2D eigenvalue weighted by molar-refractivity contribution is -0.120. The van der Waals surface area contributed by atoms with Crippen LogP contribution < -0.4 is 24.8 Å². The summed E-state index contributed by atoms with van der Waals surface area (Å²) in [4.78, 5) is 29.2. The fourth-order valence-electron chi connectivity index (χ4n) is 3.00. The van der Waals surface area contributed by atoms with Gasteiger partial charge in [0.1, 0.15) is 0 Å². The van der Waals surface area contributed by atoms with Crippen LogP contribution in [0.4, 0.5) is 0 Å². The number of hydrogen-bond donors (Lipinski definition) is 2. The lowest BCUT2D eigenvalue weighted by atomic mass is 10.0. The Hall–Kier alpha value is -3.07. The molecule has 0 bridgehead atoms. The van der Waals surface area contributed by atoms with E-state index in [1.165, 1.54) is 21.3 Å². The summed E-state index contributed by atoms with van der Waals surface area (Å²) in [6.07, 6.45) is 0.101. The Morgan fingerprint density at radius 1 is 1.07 bits per heavy atom. The summed E-state index contributed by atoms with van der Waals surface area (Å²) in [6, 6.07) is 9.78. The molecular formula is C20H20BrN3O5. The first-order valence-electron chi connectivity index (χ1n) is 8.70. The minimum Gasteiger partial charge on any atom is -0.493 e. The number of carbonyl (C=O) groups is 2. The summed E-state index contributed by atoms with van der Waals surface area (Å²) >= 11 is 3.33. The van der Waals surface area contributed by atoms with Crippen LogP contribution in [0.3, 0.4) is 0 Å². The Labute approximate surface area is 176 Å². The van der Waals surface area contributed by atoms with Gasteiger partial charge in [-0.05, 0) is 36.4 Å². The average Bonchev–Trinajstić information content (AvgIpc) is 2.72. The highest BCUT2D eigenvalue weighted by Crippen LogP contribution is 2.44. The molecule has 29 heavy (non-hydrogen) atoms. The predicted octanol–water partition coefficient (Wildman–Crippen LogP) is 2.82. The number of rotatable bonds is 5. The second-order valence-electron chi connectivity index (χ2n) is 6.13. The first-order chi connectivity index (χ1) is 14.0. The molecule has 2 N–H and O–H groups in total. The number of aliphatic imine (C=N–C) groups is 1. The van der Waals surface area contributed by atoms with E-state index in [0.717, 1.165) is 4.47 Å². The molecule has 0 saturated heterocycles. The zero-order valence-electron chi connectivity index (χ0n) is 16.1. The number of ether oxygens (including phenoxy) is 3. The molecule has 1 atom stereocenters. The van der Waals surface area contributed by atoms with E-state index in [2.05, 4.69) is 31.6 Å². The number of benzene rings is 2.